The summed E-state index contributed by atoms with van der Waals surface area (Å²) in [6, 6.07) is 11.1. The van der Waals surface area contributed by atoms with Crippen molar-refractivity contribution in [3.63, 3.8) is 0 Å². The summed E-state index contributed by atoms with van der Waals surface area (Å²) < 4.78 is 16.4. The molecular formula is C27H34N2O6. The van der Waals surface area contributed by atoms with Crippen LogP contribution in [0.5, 0.6) is 17.2 Å². The molecule has 0 aromatic heterocycles. The smallest absolute Gasteiger partial charge is 0.295 e. The van der Waals surface area contributed by atoms with Crippen LogP contribution in [0.2, 0.25) is 0 Å². The van der Waals surface area contributed by atoms with Gasteiger partial charge in [-0.25, -0.2) is 0 Å². The highest BCUT2D eigenvalue weighted by Crippen LogP contribution is 2.45. The first-order valence-corrected chi connectivity index (χ1v) is 11.9. The first kappa shape index (κ1) is 26.1. The lowest BCUT2D eigenvalue weighted by atomic mass is 9.94. The van der Waals surface area contributed by atoms with Crippen LogP contribution in [0.4, 0.5) is 0 Å². The van der Waals surface area contributed by atoms with Crippen LogP contribution >= 0.6 is 0 Å². The van der Waals surface area contributed by atoms with E-state index in [-0.39, 0.29) is 5.57 Å². The van der Waals surface area contributed by atoms with Crippen molar-refractivity contribution in [2.45, 2.75) is 26.3 Å². The van der Waals surface area contributed by atoms with E-state index in [2.05, 4.69) is 13.8 Å². The largest absolute Gasteiger partial charge is 0.872 e. The van der Waals surface area contributed by atoms with E-state index >= 15 is 0 Å². The van der Waals surface area contributed by atoms with E-state index in [1.54, 1.807) is 42.5 Å². The molecule has 1 atom stereocenters. The molecule has 1 unspecified atom stereocenters. The van der Waals surface area contributed by atoms with Crippen LogP contribution in [0.3, 0.4) is 0 Å². The number of carbonyl (C=O) groups excluding carboxylic acids is 2. The Morgan fingerprint density at radius 2 is 1.57 bits per heavy atom. The second kappa shape index (κ2) is 11.8. The molecule has 1 aliphatic rings. The standard InChI is InChI=1S/C27H34N2O6/c1-6-28(7-2)14-11-15-29-23(19-16-20(33-3)26(35-5)21(17-19)34-4)22(25(31)27(29)32)24(30)18-12-9-8-10-13-18/h8-10,12-13,16-17,23,30H,6-7,11,14-15H2,1-5H3/b24-22+. The molecule has 1 amide bonds. The summed E-state index contributed by atoms with van der Waals surface area (Å²) in [5.41, 5.74) is 0.842. The van der Waals surface area contributed by atoms with Crippen LogP contribution < -0.4 is 24.2 Å². The Morgan fingerprint density at radius 1 is 0.971 bits per heavy atom. The number of ketones is 1. The molecule has 0 saturated carbocycles. The van der Waals surface area contributed by atoms with Crippen LogP contribution in [0, 0.1) is 0 Å². The number of benzene rings is 2. The zero-order chi connectivity index (χ0) is 25.5. The van der Waals surface area contributed by atoms with Crippen LogP contribution in [0.25, 0.3) is 5.76 Å². The predicted octanol–water partition coefficient (Wildman–Crippen LogP) is 1.25. The van der Waals surface area contributed by atoms with Gasteiger partial charge in [-0.15, -0.1) is 0 Å². The highest BCUT2D eigenvalue weighted by atomic mass is 16.5. The number of amides is 1. The number of nitrogens with one attached hydrogen (secondary N) is 1. The number of quaternary nitrogens is 1. The van der Waals surface area contributed by atoms with E-state index in [0.29, 0.717) is 41.3 Å². The Labute approximate surface area is 206 Å². The van der Waals surface area contributed by atoms with Gasteiger partial charge in [0.05, 0.1) is 47.0 Å². The maximum Gasteiger partial charge on any atom is 0.295 e. The van der Waals surface area contributed by atoms with Crippen LogP contribution in [0.1, 0.15) is 37.4 Å². The third kappa shape index (κ3) is 5.27. The Hall–Kier alpha value is -3.52. The van der Waals surface area contributed by atoms with Crippen molar-refractivity contribution in [1.82, 2.24) is 4.90 Å². The van der Waals surface area contributed by atoms with Crippen molar-refractivity contribution in [1.29, 1.82) is 0 Å². The average molecular weight is 483 g/mol. The Balaban J connectivity index is 2.15. The number of likely N-dealkylation sites (tertiary alicyclic amines) is 1. The molecule has 1 saturated heterocycles. The zero-order valence-corrected chi connectivity index (χ0v) is 21.1. The number of Topliss-reactive ketones (excluding diaryl/α,β-unsaturated/α-hetero) is 1. The monoisotopic (exact) mass is 482 g/mol. The van der Waals surface area contributed by atoms with Gasteiger partial charge in [0.1, 0.15) is 0 Å². The molecule has 3 rings (SSSR count). The Kier molecular flexibility index (Phi) is 8.76. The van der Waals surface area contributed by atoms with Gasteiger partial charge < -0.3 is 29.1 Å². The number of nitrogens with zero attached hydrogens (tertiary/aromatic N) is 1. The van der Waals surface area contributed by atoms with Crippen LogP contribution in [-0.4, -0.2) is 64.1 Å². The molecule has 188 valence electrons. The maximum atomic E-state index is 13.5. The molecule has 1 heterocycles. The number of carbonyl (C=O) groups is 2. The molecule has 1 aliphatic heterocycles. The normalized spacial score (nSPS) is 17.2. The first-order chi connectivity index (χ1) is 16.9. The summed E-state index contributed by atoms with van der Waals surface area (Å²) in [7, 11) is 4.49. The molecule has 8 nitrogen and oxygen atoms in total. The fraction of sp³-hybridized carbons (Fsp3) is 0.407. The number of hydrogen-bond acceptors (Lipinski definition) is 6. The molecule has 0 spiro atoms. The fourth-order valence-electron chi connectivity index (χ4n) is 4.55. The second-order valence-electron chi connectivity index (χ2n) is 8.36. The third-order valence-electron chi connectivity index (χ3n) is 6.50. The van der Waals surface area contributed by atoms with Crippen molar-refractivity contribution in [2.24, 2.45) is 0 Å². The van der Waals surface area contributed by atoms with Crippen molar-refractivity contribution in [3.05, 3.63) is 59.2 Å². The Bertz CT molecular complexity index is 1050. The van der Waals surface area contributed by atoms with Crippen molar-refractivity contribution < 1.29 is 33.8 Å². The van der Waals surface area contributed by atoms with E-state index in [1.165, 1.54) is 31.1 Å². The third-order valence-corrected chi connectivity index (χ3v) is 6.50. The van der Waals surface area contributed by atoms with Crippen LogP contribution in [-0.2, 0) is 9.59 Å². The predicted molar refractivity (Wildman–Crippen MR) is 130 cm³/mol. The van der Waals surface area contributed by atoms with Crippen molar-refractivity contribution in [2.75, 3.05) is 47.5 Å². The van der Waals surface area contributed by atoms with Gasteiger partial charge in [0.15, 0.2) is 11.5 Å². The molecular weight excluding hydrogens is 448 g/mol. The summed E-state index contributed by atoms with van der Waals surface area (Å²) in [5, 5.41) is 13.5. The van der Waals surface area contributed by atoms with Gasteiger partial charge in [0.25, 0.3) is 5.91 Å². The van der Waals surface area contributed by atoms with Gasteiger partial charge >= 0.3 is 0 Å². The Morgan fingerprint density at radius 3 is 2.09 bits per heavy atom. The summed E-state index contributed by atoms with van der Waals surface area (Å²) >= 11 is 0. The highest BCUT2D eigenvalue weighted by molar-refractivity contribution is 6.46. The fourth-order valence-corrected chi connectivity index (χ4v) is 4.55. The van der Waals surface area contributed by atoms with Gasteiger partial charge in [-0.2, -0.15) is 0 Å². The maximum absolute atomic E-state index is 13.5. The lowest BCUT2D eigenvalue weighted by Crippen LogP contribution is -3.11. The van der Waals surface area contributed by atoms with Crippen molar-refractivity contribution >= 4 is 17.4 Å². The highest BCUT2D eigenvalue weighted by Gasteiger charge is 2.44. The summed E-state index contributed by atoms with van der Waals surface area (Å²) in [6.07, 6.45) is 0.698. The van der Waals surface area contributed by atoms with E-state index in [4.69, 9.17) is 14.2 Å². The van der Waals surface area contributed by atoms with E-state index in [9.17, 15) is 14.7 Å². The van der Waals surface area contributed by atoms with Crippen LogP contribution in [0.15, 0.2) is 48.0 Å². The number of methoxy groups -OCH3 is 3. The van der Waals surface area contributed by atoms with Gasteiger partial charge in [-0.3, -0.25) is 9.59 Å². The summed E-state index contributed by atoms with van der Waals surface area (Å²) in [4.78, 5) is 29.3. The zero-order valence-electron chi connectivity index (χ0n) is 21.1. The van der Waals surface area contributed by atoms with Gasteiger partial charge in [0.2, 0.25) is 11.5 Å². The molecule has 8 heteroatoms. The summed E-state index contributed by atoms with van der Waals surface area (Å²) in [5.74, 6) is -0.743. The minimum absolute atomic E-state index is 0.0642. The van der Waals surface area contributed by atoms with Gasteiger partial charge in [0, 0.05) is 18.5 Å². The molecule has 1 fully saturated rings. The summed E-state index contributed by atoms with van der Waals surface area (Å²) in [6.45, 7) is 7.39. The second-order valence-corrected chi connectivity index (χ2v) is 8.36. The van der Waals surface area contributed by atoms with E-state index < -0.39 is 23.5 Å². The minimum Gasteiger partial charge on any atom is -0.872 e. The molecule has 2 aromatic rings. The van der Waals surface area contributed by atoms with Gasteiger partial charge in [-0.1, -0.05) is 36.1 Å². The number of rotatable bonds is 11. The molecule has 1 N–H and O–H groups in total. The van der Waals surface area contributed by atoms with Crippen molar-refractivity contribution in [3.8, 4) is 17.2 Å². The number of hydrogen-bond donors (Lipinski definition) is 1. The molecule has 0 aliphatic carbocycles. The number of ether oxygens (including phenoxy) is 3. The van der Waals surface area contributed by atoms with E-state index in [0.717, 1.165) is 19.6 Å². The molecule has 2 aromatic carbocycles. The average Bonchev–Trinajstić information content (AvgIpc) is 3.15. The molecule has 35 heavy (non-hydrogen) atoms. The quantitative estimate of drug-likeness (QED) is 0.295. The molecule has 0 bridgehead atoms. The SMILES string of the molecule is CC[NH+](CC)CCCN1C(=O)C(=O)/C(=C(/[O-])c2ccccc2)C1c1cc(OC)c(OC)c(OC)c1. The minimum atomic E-state index is -0.858. The topological polar surface area (TPSA) is 92.6 Å². The lowest BCUT2D eigenvalue weighted by Gasteiger charge is -2.29. The van der Waals surface area contributed by atoms with E-state index in [1.807, 2.05) is 0 Å². The lowest BCUT2D eigenvalue weighted by molar-refractivity contribution is -0.896. The van der Waals surface area contributed by atoms with Gasteiger partial charge in [-0.05, 0) is 37.1 Å². The first-order valence-electron chi connectivity index (χ1n) is 11.9. The molecule has 0 radical (unpaired) electrons.